The van der Waals surface area contributed by atoms with E-state index in [1.165, 1.54) is 0 Å². The number of methoxy groups -OCH3 is 1. The Hall–Kier alpha value is -2.57. The summed E-state index contributed by atoms with van der Waals surface area (Å²) in [4.78, 5) is 27.2. The van der Waals surface area contributed by atoms with Crippen molar-refractivity contribution in [2.24, 2.45) is 5.73 Å². The summed E-state index contributed by atoms with van der Waals surface area (Å²) in [5.41, 5.74) is 7.41. The molecule has 6 nitrogen and oxygen atoms in total. The first-order valence-electron chi connectivity index (χ1n) is 8.68. The number of para-hydroxylation sites is 1. The predicted octanol–water partition coefficient (Wildman–Crippen LogP) is 2.93. The monoisotopic (exact) mass is 389 g/mol. The van der Waals surface area contributed by atoms with Crippen LogP contribution in [0.25, 0.3) is 0 Å². The maximum atomic E-state index is 12.8. The molecule has 1 saturated heterocycles. The first-order chi connectivity index (χ1) is 12.6. The van der Waals surface area contributed by atoms with Crippen LogP contribution in [0.1, 0.15) is 33.6 Å². The topological polar surface area (TPSA) is 84.7 Å². The lowest BCUT2D eigenvalue weighted by molar-refractivity contribution is 0.0716. The zero-order valence-electron chi connectivity index (χ0n) is 15.2. The number of ether oxygens (including phenoxy) is 1. The molecular weight excluding hydrogens is 366 g/mol. The molecule has 1 aliphatic heterocycles. The molecule has 1 aliphatic rings. The van der Waals surface area contributed by atoms with Crippen molar-refractivity contribution in [3.8, 4) is 5.75 Å². The Labute approximate surface area is 165 Å². The lowest BCUT2D eigenvalue weighted by Gasteiger charge is -2.30. The van der Waals surface area contributed by atoms with Crippen molar-refractivity contribution in [2.45, 2.75) is 18.9 Å². The van der Waals surface area contributed by atoms with Gasteiger partial charge in [-0.2, -0.15) is 0 Å². The van der Waals surface area contributed by atoms with Crippen molar-refractivity contribution in [1.29, 1.82) is 0 Å². The van der Waals surface area contributed by atoms with Gasteiger partial charge in [0, 0.05) is 24.7 Å². The van der Waals surface area contributed by atoms with Crippen molar-refractivity contribution in [2.75, 3.05) is 25.5 Å². The molecule has 0 saturated carbocycles. The summed E-state index contributed by atoms with van der Waals surface area (Å²) in [7, 11) is 1.57. The molecule has 27 heavy (non-hydrogen) atoms. The van der Waals surface area contributed by atoms with Crippen LogP contribution in [0.4, 0.5) is 5.69 Å². The molecule has 0 bridgehead atoms. The molecule has 3 N–H and O–H groups in total. The SMILES string of the molecule is COc1ccc(C(=O)Nc2ccccc2C(=O)N2CCC(N)CC2)cc1.Cl. The Bertz CT molecular complexity index is 787. The number of nitrogens with zero attached hydrogens (tertiary/aromatic N) is 1. The zero-order valence-corrected chi connectivity index (χ0v) is 16.0. The Morgan fingerprint density at radius 2 is 1.70 bits per heavy atom. The molecule has 1 fully saturated rings. The van der Waals surface area contributed by atoms with Crippen LogP contribution in [-0.4, -0.2) is 43.0 Å². The molecule has 0 radical (unpaired) electrons. The highest BCUT2D eigenvalue weighted by molar-refractivity contribution is 6.09. The molecule has 144 valence electrons. The minimum absolute atomic E-state index is 0. The number of anilines is 1. The number of nitrogens with one attached hydrogen (secondary N) is 1. The number of likely N-dealkylation sites (tertiary alicyclic amines) is 1. The molecule has 1 heterocycles. The summed E-state index contributed by atoms with van der Waals surface area (Å²) in [6.07, 6.45) is 1.60. The number of hydrogen-bond acceptors (Lipinski definition) is 4. The van der Waals surface area contributed by atoms with E-state index in [9.17, 15) is 9.59 Å². The standard InChI is InChI=1S/C20H23N3O3.ClH/c1-26-16-8-6-14(7-9-16)19(24)22-18-5-3-2-4-17(18)20(25)23-12-10-15(21)11-13-23;/h2-9,15H,10-13,21H2,1H3,(H,22,24);1H. The second-order valence-corrected chi connectivity index (χ2v) is 6.36. The van der Waals surface area contributed by atoms with E-state index in [4.69, 9.17) is 10.5 Å². The number of halogens is 1. The predicted molar refractivity (Wildman–Crippen MR) is 108 cm³/mol. The average Bonchev–Trinajstić information content (AvgIpc) is 2.68. The van der Waals surface area contributed by atoms with Gasteiger partial charge in [0.25, 0.3) is 11.8 Å². The number of benzene rings is 2. The van der Waals surface area contributed by atoms with Gasteiger partial charge < -0.3 is 20.7 Å². The number of piperidine rings is 1. The molecule has 0 unspecified atom stereocenters. The first kappa shape index (κ1) is 20.7. The van der Waals surface area contributed by atoms with Gasteiger partial charge in [-0.05, 0) is 49.2 Å². The van der Waals surface area contributed by atoms with Crippen molar-refractivity contribution < 1.29 is 14.3 Å². The van der Waals surface area contributed by atoms with Gasteiger partial charge in [0.2, 0.25) is 0 Å². The van der Waals surface area contributed by atoms with Gasteiger partial charge in [-0.25, -0.2) is 0 Å². The second kappa shape index (κ2) is 9.39. The van der Waals surface area contributed by atoms with Crippen molar-refractivity contribution in [1.82, 2.24) is 4.90 Å². The maximum absolute atomic E-state index is 12.8. The van der Waals surface area contributed by atoms with Crippen LogP contribution < -0.4 is 15.8 Å². The molecule has 2 amide bonds. The molecular formula is C20H24ClN3O3. The van der Waals surface area contributed by atoms with Gasteiger partial charge in [-0.3, -0.25) is 9.59 Å². The average molecular weight is 390 g/mol. The molecule has 3 rings (SSSR count). The van der Waals surface area contributed by atoms with Crippen molar-refractivity contribution >= 4 is 29.9 Å². The zero-order chi connectivity index (χ0) is 18.5. The fourth-order valence-corrected chi connectivity index (χ4v) is 2.99. The summed E-state index contributed by atoms with van der Waals surface area (Å²) < 4.78 is 5.10. The summed E-state index contributed by atoms with van der Waals surface area (Å²) in [6.45, 7) is 1.28. The van der Waals surface area contributed by atoms with Crippen LogP contribution in [0.3, 0.4) is 0 Å². The number of nitrogens with two attached hydrogens (primary N) is 1. The minimum atomic E-state index is -0.270. The van der Waals surface area contributed by atoms with E-state index in [0.717, 1.165) is 12.8 Å². The third-order valence-electron chi connectivity index (χ3n) is 4.58. The van der Waals surface area contributed by atoms with Crippen LogP contribution in [0.5, 0.6) is 5.75 Å². The third kappa shape index (κ3) is 4.99. The summed E-state index contributed by atoms with van der Waals surface area (Å²) in [5.74, 6) is 0.330. The van der Waals surface area contributed by atoms with Crippen LogP contribution in [-0.2, 0) is 0 Å². The van der Waals surface area contributed by atoms with E-state index in [0.29, 0.717) is 35.7 Å². The molecule has 0 atom stereocenters. The number of carbonyl (C=O) groups excluding carboxylic acids is 2. The van der Waals surface area contributed by atoms with Gasteiger partial charge in [-0.1, -0.05) is 12.1 Å². The van der Waals surface area contributed by atoms with E-state index < -0.39 is 0 Å². The van der Waals surface area contributed by atoms with Gasteiger partial charge in [0.15, 0.2) is 0 Å². The largest absolute Gasteiger partial charge is 0.497 e. The second-order valence-electron chi connectivity index (χ2n) is 6.36. The van der Waals surface area contributed by atoms with E-state index in [-0.39, 0.29) is 30.3 Å². The van der Waals surface area contributed by atoms with Gasteiger partial charge in [-0.15, -0.1) is 12.4 Å². The number of rotatable bonds is 4. The van der Waals surface area contributed by atoms with Crippen molar-refractivity contribution in [3.05, 3.63) is 59.7 Å². The lowest BCUT2D eigenvalue weighted by Crippen LogP contribution is -2.43. The summed E-state index contributed by atoms with van der Waals surface area (Å²) in [5, 5.41) is 2.84. The van der Waals surface area contributed by atoms with Crippen LogP contribution in [0, 0.1) is 0 Å². The Morgan fingerprint density at radius 1 is 1.07 bits per heavy atom. The smallest absolute Gasteiger partial charge is 0.255 e. The maximum Gasteiger partial charge on any atom is 0.255 e. The molecule has 2 aromatic rings. The van der Waals surface area contributed by atoms with E-state index >= 15 is 0 Å². The Kier molecular flexibility index (Phi) is 7.21. The Balaban J connectivity index is 0.00000261. The highest BCUT2D eigenvalue weighted by Gasteiger charge is 2.23. The van der Waals surface area contributed by atoms with Crippen LogP contribution in [0.2, 0.25) is 0 Å². The van der Waals surface area contributed by atoms with Gasteiger partial charge >= 0.3 is 0 Å². The van der Waals surface area contributed by atoms with Gasteiger partial charge in [0.1, 0.15) is 5.75 Å². The summed E-state index contributed by atoms with van der Waals surface area (Å²) in [6, 6.07) is 14.0. The molecule has 0 spiro atoms. The molecule has 2 aromatic carbocycles. The first-order valence-corrected chi connectivity index (χ1v) is 8.68. The fraction of sp³-hybridized carbons (Fsp3) is 0.300. The van der Waals surface area contributed by atoms with E-state index in [1.54, 1.807) is 60.5 Å². The molecule has 0 aliphatic carbocycles. The third-order valence-corrected chi connectivity index (χ3v) is 4.58. The van der Waals surface area contributed by atoms with Gasteiger partial charge in [0.05, 0.1) is 18.4 Å². The fourth-order valence-electron chi connectivity index (χ4n) is 2.99. The normalized spacial score (nSPS) is 14.2. The van der Waals surface area contributed by atoms with Crippen molar-refractivity contribution in [3.63, 3.8) is 0 Å². The van der Waals surface area contributed by atoms with E-state index in [1.807, 2.05) is 0 Å². The molecule has 7 heteroatoms. The molecule has 0 aromatic heterocycles. The highest BCUT2D eigenvalue weighted by atomic mass is 35.5. The number of amides is 2. The number of carbonyl (C=O) groups is 2. The highest BCUT2D eigenvalue weighted by Crippen LogP contribution is 2.21. The summed E-state index contributed by atoms with van der Waals surface area (Å²) >= 11 is 0. The quantitative estimate of drug-likeness (QED) is 0.841. The van der Waals surface area contributed by atoms with E-state index in [2.05, 4.69) is 5.32 Å². The van der Waals surface area contributed by atoms with Crippen LogP contribution in [0.15, 0.2) is 48.5 Å². The number of hydrogen-bond donors (Lipinski definition) is 2. The van der Waals surface area contributed by atoms with Crippen LogP contribution >= 0.6 is 12.4 Å². The minimum Gasteiger partial charge on any atom is -0.497 e. The lowest BCUT2D eigenvalue weighted by atomic mass is 10.0. The Morgan fingerprint density at radius 3 is 2.33 bits per heavy atom.